The molecule has 4 aliphatic heterocycles. The van der Waals surface area contributed by atoms with Gasteiger partial charge in [-0.3, -0.25) is 0 Å². The van der Waals surface area contributed by atoms with E-state index in [1.165, 1.54) is 0 Å². The molecule has 0 amide bonds. The van der Waals surface area contributed by atoms with Crippen LogP contribution in [-0.2, 0) is 0 Å². The number of hydrogen-bond donors (Lipinski definition) is 4. The molecule has 4 N–H and O–H groups in total. The van der Waals surface area contributed by atoms with Crippen LogP contribution in [0.2, 0.25) is 0 Å². The number of rotatable bonds is 8. The minimum atomic E-state index is -0.465. The first-order chi connectivity index (χ1) is 31.9. The fourth-order valence-corrected chi connectivity index (χ4v) is 6.03. The molecule has 0 saturated carbocycles. The van der Waals surface area contributed by atoms with E-state index in [0.717, 1.165) is 68.2 Å². The van der Waals surface area contributed by atoms with Gasteiger partial charge in [0.25, 0.3) is 0 Å². The Kier molecular flexibility index (Phi) is 17.9. The Morgan fingerprint density at radius 1 is 0.309 bits per heavy atom. The van der Waals surface area contributed by atoms with Gasteiger partial charge < -0.3 is 58.3 Å². The van der Waals surface area contributed by atoms with Crippen LogP contribution in [0.3, 0.4) is 0 Å². The second kappa shape index (κ2) is 22.9. The summed E-state index contributed by atoms with van der Waals surface area (Å²) in [6, 6.07) is 22.9. The van der Waals surface area contributed by atoms with E-state index in [4.69, 9.17) is 37.9 Å². The van der Waals surface area contributed by atoms with Gasteiger partial charge in [0, 0.05) is 0 Å². The molecule has 68 heavy (non-hydrogen) atoms. The third-order valence-corrected chi connectivity index (χ3v) is 11.0. The van der Waals surface area contributed by atoms with Gasteiger partial charge in [-0.15, -0.1) is 0 Å². The van der Waals surface area contributed by atoms with E-state index in [1.54, 1.807) is 24.3 Å². The van der Waals surface area contributed by atoms with Gasteiger partial charge in [-0.05, 0) is 92.4 Å². The largest absolute Gasteiger partial charge is 0.454 e. The summed E-state index contributed by atoms with van der Waals surface area (Å²) in [5.74, 6) is 6.15. The van der Waals surface area contributed by atoms with Gasteiger partial charge >= 0.3 is 0 Å². The molecular formula is C56H72O12. The molecule has 4 heterocycles. The van der Waals surface area contributed by atoms with Crippen molar-refractivity contribution in [3.63, 3.8) is 0 Å². The summed E-state index contributed by atoms with van der Waals surface area (Å²) >= 11 is 0. The molecule has 4 unspecified atom stereocenters. The normalized spacial score (nSPS) is 16.5. The monoisotopic (exact) mass is 937 g/mol. The highest BCUT2D eigenvalue weighted by atomic mass is 16.7. The topological polar surface area (TPSA) is 155 Å². The summed E-state index contributed by atoms with van der Waals surface area (Å²) in [6.07, 6.45) is 13.0. The van der Waals surface area contributed by atoms with Crippen LogP contribution in [0.15, 0.2) is 97.1 Å². The molecule has 4 aromatic rings. The number of benzene rings is 4. The second-order valence-electron chi connectivity index (χ2n) is 21.1. The maximum atomic E-state index is 9.90. The van der Waals surface area contributed by atoms with E-state index in [-0.39, 0.29) is 48.8 Å². The number of aliphatic hydroxyl groups is 4. The third-order valence-electron chi connectivity index (χ3n) is 11.0. The lowest BCUT2D eigenvalue weighted by molar-refractivity contribution is 0.106. The number of aliphatic hydroxyl groups excluding tert-OH is 4. The van der Waals surface area contributed by atoms with Crippen LogP contribution in [0.25, 0.3) is 24.3 Å². The van der Waals surface area contributed by atoms with E-state index in [9.17, 15) is 20.4 Å². The highest BCUT2D eigenvalue weighted by Gasteiger charge is 2.23. The SMILES string of the molecule is CC(C)(C)C(O)C=Cc1ccc2c(c1)OCO2.CC(C)(C)C(O)C=Cc1ccc2c(c1)OCO2.CC(C)(C)C(O)C=Cc1ccc2c(c1)OCO2.CC(C)(C)C(O)C=Cc1ccc2c(c1)OCO2. The summed E-state index contributed by atoms with van der Waals surface area (Å²) in [4.78, 5) is 0. The highest BCUT2D eigenvalue weighted by Crippen LogP contribution is 2.36. The molecule has 368 valence electrons. The molecular weight excluding hydrogens is 865 g/mol. The third kappa shape index (κ3) is 16.1. The Morgan fingerprint density at radius 3 is 0.662 bits per heavy atom. The number of hydrogen-bond acceptors (Lipinski definition) is 12. The first-order valence-corrected chi connectivity index (χ1v) is 22.9. The van der Waals surface area contributed by atoms with Crippen LogP contribution in [0.1, 0.15) is 105 Å². The summed E-state index contributed by atoms with van der Waals surface area (Å²) < 4.78 is 42.1. The molecule has 4 atom stereocenters. The van der Waals surface area contributed by atoms with Crippen molar-refractivity contribution in [3.8, 4) is 46.0 Å². The van der Waals surface area contributed by atoms with Crippen molar-refractivity contribution < 1.29 is 58.3 Å². The van der Waals surface area contributed by atoms with E-state index < -0.39 is 24.4 Å². The summed E-state index contributed by atoms with van der Waals surface area (Å²) in [7, 11) is 0. The van der Waals surface area contributed by atoms with E-state index in [2.05, 4.69) is 0 Å². The number of ether oxygens (including phenoxy) is 8. The Labute approximate surface area is 403 Å². The van der Waals surface area contributed by atoms with Crippen LogP contribution < -0.4 is 37.9 Å². The van der Waals surface area contributed by atoms with Crippen LogP contribution in [0, 0.1) is 21.7 Å². The van der Waals surface area contributed by atoms with Gasteiger partial charge in [-0.1, -0.05) is 156 Å². The van der Waals surface area contributed by atoms with Gasteiger partial charge in [0.05, 0.1) is 24.4 Å². The lowest BCUT2D eigenvalue weighted by Crippen LogP contribution is -2.23. The van der Waals surface area contributed by atoms with Crippen LogP contribution >= 0.6 is 0 Å². The van der Waals surface area contributed by atoms with Crippen LogP contribution in [-0.4, -0.2) is 72.0 Å². The maximum Gasteiger partial charge on any atom is 0.231 e. The quantitative estimate of drug-likeness (QED) is 0.133. The van der Waals surface area contributed by atoms with E-state index in [1.807, 2.05) is 180 Å². The molecule has 8 rings (SSSR count). The van der Waals surface area contributed by atoms with Crippen molar-refractivity contribution in [2.75, 3.05) is 27.2 Å². The first-order valence-electron chi connectivity index (χ1n) is 22.9. The molecule has 0 radical (unpaired) electrons. The standard InChI is InChI=1S/4C14H18O3/c4*1-14(2,3)13(15)7-5-10-4-6-11-12(8-10)17-9-16-11/h4*4-8,13,15H,9H2,1-3H3. The number of fused-ring (bicyclic) bond motifs is 4. The Balaban J connectivity index is 0.000000169. The van der Waals surface area contributed by atoms with Gasteiger partial charge in [0.15, 0.2) is 46.0 Å². The zero-order valence-electron chi connectivity index (χ0n) is 41.7. The summed E-state index contributed by atoms with van der Waals surface area (Å²) in [5.41, 5.74) is 3.41. The molecule has 4 aliphatic rings. The van der Waals surface area contributed by atoms with Crippen molar-refractivity contribution in [1.82, 2.24) is 0 Å². The molecule has 4 aromatic carbocycles. The predicted octanol–water partition coefficient (Wildman–Crippen LogP) is 11.3. The highest BCUT2D eigenvalue weighted by molar-refractivity contribution is 5.59. The van der Waals surface area contributed by atoms with E-state index in [0.29, 0.717) is 0 Å². The molecule has 0 fully saturated rings. The molecule has 0 aliphatic carbocycles. The van der Waals surface area contributed by atoms with Crippen LogP contribution in [0.4, 0.5) is 0 Å². The molecule has 0 spiro atoms. The van der Waals surface area contributed by atoms with Gasteiger partial charge in [-0.2, -0.15) is 0 Å². The first kappa shape index (κ1) is 53.0. The fourth-order valence-electron chi connectivity index (χ4n) is 6.03. The summed E-state index contributed by atoms with van der Waals surface area (Å²) in [6.45, 7) is 25.2. The van der Waals surface area contributed by atoms with Gasteiger partial charge in [0.2, 0.25) is 27.2 Å². The van der Waals surface area contributed by atoms with Crippen molar-refractivity contribution in [1.29, 1.82) is 0 Å². The lowest BCUT2D eigenvalue weighted by Gasteiger charge is -2.22. The predicted molar refractivity (Wildman–Crippen MR) is 268 cm³/mol. The molecule has 0 bridgehead atoms. The minimum absolute atomic E-state index is 0.146. The zero-order valence-corrected chi connectivity index (χ0v) is 41.7. The smallest absolute Gasteiger partial charge is 0.231 e. The average molecular weight is 937 g/mol. The van der Waals surface area contributed by atoms with Gasteiger partial charge in [0.1, 0.15) is 0 Å². The fraction of sp³-hybridized carbons (Fsp3) is 0.429. The Morgan fingerprint density at radius 2 is 0.485 bits per heavy atom. The van der Waals surface area contributed by atoms with E-state index >= 15 is 0 Å². The zero-order chi connectivity index (χ0) is 49.9. The van der Waals surface area contributed by atoms with Crippen LogP contribution in [0.5, 0.6) is 46.0 Å². The van der Waals surface area contributed by atoms with Crippen molar-refractivity contribution in [2.24, 2.45) is 21.7 Å². The van der Waals surface area contributed by atoms with Gasteiger partial charge in [-0.25, -0.2) is 0 Å². The van der Waals surface area contributed by atoms with Crippen molar-refractivity contribution >= 4 is 24.3 Å². The minimum Gasteiger partial charge on any atom is -0.454 e. The molecule has 0 aromatic heterocycles. The molecule has 0 saturated heterocycles. The Hall–Kier alpha value is -5.92. The molecule has 12 heteroatoms. The summed E-state index contributed by atoms with van der Waals surface area (Å²) in [5, 5.41) is 39.6. The van der Waals surface area contributed by atoms with Crippen molar-refractivity contribution in [2.45, 2.75) is 108 Å². The average Bonchev–Trinajstić information content (AvgIpc) is 4.12. The lowest BCUT2D eigenvalue weighted by atomic mass is 9.89. The Bertz CT molecular complexity index is 2050. The maximum absolute atomic E-state index is 9.90. The molecule has 12 nitrogen and oxygen atoms in total. The second-order valence-corrected chi connectivity index (χ2v) is 21.1. The van der Waals surface area contributed by atoms with Crippen molar-refractivity contribution in [3.05, 3.63) is 119 Å².